The van der Waals surface area contributed by atoms with Gasteiger partial charge in [-0.3, -0.25) is 0 Å². The van der Waals surface area contributed by atoms with Crippen LogP contribution in [-0.2, 0) is 16.0 Å². The molecule has 0 spiro atoms. The van der Waals surface area contributed by atoms with Crippen LogP contribution in [0.15, 0.2) is 47.7 Å². The molecular formula is C21H32IN5O2. The smallest absolute Gasteiger partial charge is 0.191 e. The van der Waals surface area contributed by atoms with Crippen LogP contribution < -0.4 is 10.6 Å². The van der Waals surface area contributed by atoms with Crippen molar-refractivity contribution in [1.82, 2.24) is 20.4 Å². The van der Waals surface area contributed by atoms with Gasteiger partial charge in [0.15, 0.2) is 5.96 Å². The van der Waals surface area contributed by atoms with Crippen LogP contribution in [0.2, 0.25) is 0 Å². The summed E-state index contributed by atoms with van der Waals surface area (Å²) in [5, 5.41) is 10.9. The van der Waals surface area contributed by atoms with Gasteiger partial charge in [-0.2, -0.15) is 5.10 Å². The number of guanidine groups is 1. The standard InChI is InChI=1S/C21H31N5O2.HI/c1-2-22-21(23-10-6-13-27-17-20-9-4-14-28-20)24-16-18-7-3-8-19(15-18)26-12-5-11-25-26;/h3,5,7-8,11-12,15,20H,2,4,6,9-10,13-14,16-17H2,1H3,(H2,22,23,24);1H. The Hall–Kier alpha value is -1.65. The normalized spacial score (nSPS) is 16.4. The molecule has 1 aromatic heterocycles. The Kier molecular flexibility index (Phi) is 11.0. The highest BCUT2D eigenvalue weighted by Crippen LogP contribution is 2.12. The first-order chi connectivity index (χ1) is 13.8. The molecule has 1 aliphatic rings. The van der Waals surface area contributed by atoms with E-state index in [4.69, 9.17) is 14.5 Å². The van der Waals surface area contributed by atoms with Gasteiger partial charge in [-0.15, -0.1) is 24.0 Å². The molecule has 0 saturated carbocycles. The van der Waals surface area contributed by atoms with Crippen molar-refractivity contribution in [2.24, 2.45) is 4.99 Å². The minimum atomic E-state index is 0. The number of halogens is 1. The van der Waals surface area contributed by atoms with E-state index in [-0.39, 0.29) is 24.0 Å². The molecule has 0 bridgehead atoms. The molecular weight excluding hydrogens is 481 g/mol. The van der Waals surface area contributed by atoms with Crippen molar-refractivity contribution in [2.75, 3.05) is 32.9 Å². The van der Waals surface area contributed by atoms with Crippen LogP contribution in [0.3, 0.4) is 0 Å². The van der Waals surface area contributed by atoms with Gasteiger partial charge in [0.05, 0.1) is 24.9 Å². The van der Waals surface area contributed by atoms with Crippen LogP contribution >= 0.6 is 24.0 Å². The number of rotatable bonds is 10. The maximum absolute atomic E-state index is 5.70. The van der Waals surface area contributed by atoms with E-state index in [2.05, 4.69) is 34.8 Å². The van der Waals surface area contributed by atoms with E-state index in [1.54, 1.807) is 6.20 Å². The van der Waals surface area contributed by atoms with E-state index in [0.717, 1.165) is 62.8 Å². The molecule has 0 radical (unpaired) electrons. The van der Waals surface area contributed by atoms with E-state index >= 15 is 0 Å². The number of nitrogens with one attached hydrogen (secondary N) is 2. The van der Waals surface area contributed by atoms with Crippen molar-refractivity contribution in [3.63, 3.8) is 0 Å². The van der Waals surface area contributed by atoms with E-state index in [0.29, 0.717) is 19.3 Å². The third-order valence-electron chi connectivity index (χ3n) is 4.53. The molecule has 29 heavy (non-hydrogen) atoms. The fourth-order valence-electron chi connectivity index (χ4n) is 3.10. The van der Waals surface area contributed by atoms with E-state index < -0.39 is 0 Å². The average Bonchev–Trinajstić information content (AvgIpc) is 3.43. The summed E-state index contributed by atoms with van der Waals surface area (Å²) in [5.74, 6) is 0.825. The SMILES string of the molecule is CCNC(=NCc1cccc(-n2cccn2)c1)NCCCOCC1CCCO1.I. The third kappa shape index (κ3) is 8.31. The summed E-state index contributed by atoms with van der Waals surface area (Å²) in [4.78, 5) is 4.69. The lowest BCUT2D eigenvalue weighted by molar-refractivity contribution is 0.0168. The molecule has 3 rings (SSSR count). The second-order valence-electron chi connectivity index (χ2n) is 6.81. The molecule has 1 fully saturated rings. The van der Waals surface area contributed by atoms with Crippen molar-refractivity contribution in [3.05, 3.63) is 48.3 Å². The monoisotopic (exact) mass is 513 g/mol. The number of benzene rings is 1. The quantitative estimate of drug-likeness (QED) is 0.221. The zero-order valence-corrected chi connectivity index (χ0v) is 19.4. The Morgan fingerprint density at radius 1 is 1.34 bits per heavy atom. The van der Waals surface area contributed by atoms with Gasteiger partial charge in [-0.25, -0.2) is 9.67 Å². The minimum absolute atomic E-state index is 0. The topological polar surface area (TPSA) is 72.7 Å². The molecule has 2 aromatic rings. The molecule has 160 valence electrons. The summed E-state index contributed by atoms with van der Waals surface area (Å²) in [5.41, 5.74) is 2.18. The number of ether oxygens (including phenoxy) is 2. The molecule has 7 nitrogen and oxygen atoms in total. The van der Waals surface area contributed by atoms with Crippen molar-refractivity contribution < 1.29 is 9.47 Å². The summed E-state index contributed by atoms with van der Waals surface area (Å²) in [6, 6.07) is 10.2. The van der Waals surface area contributed by atoms with Crippen LogP contribution in [0.4, 0.5) is 0 Å². The van der Waals surface area contributed by atoms with Gasteiger partial charge in [0.1, 0.15) is 0 Å². The highest BCUT2D eigenvalue weighted by molar-refractivity contribution is 14.0. The summed E-state index contributed by atoms with van der Waals surface area (Å²) in [7, 11) is 0. The summed E-state index contributed by atoms with van der Waals surface area (Å²) < 4.78 is 13.1. The van der Waals surface area contributed by atoms with E-state index in [1.807, 2.05) is 29.1 Å². The Balaban J connectivity index is 0.00000300. The molecule has 2 N–H and O–H groups in total. The average molecular weight is 513 g/mol. The van der Waals surface area contributed by atoms with Gasteiger partial charge >= 0.3 is 0 Å². The van der Waals surface area contributed by atoms with Gasteiger partial charge in [-0.1, -0.05) is 12.1 Å². The number of hydrogen-bond acceptors (Lipinski definition) is 4. The molecule has 0 amide bonds. The Bertz CT molecular complexity index is 718. The van der Waals surface area contributed by atoms with Crippen molar-refractivity contribution in [2.45, 2.75) is 38.8 Å². The Morgan fingerprint density at radius 2 is 2.28 bits per heavy atom. The van der Waals surface area contributed by atoms with Crippen molar-refractivity contribution in [3.8, 4) is 5.69 Å². The van der Waals surface area contributed by atoms with Crippen LogP contribution in [-0.4, -0.2) is 54.8 Å². The Labute approximate surface area is 190 Å². The molecule has 1 saturated heterocycles. The maximum Gasteiger partial charge on any atom is 0.191 e. The largest absolute Gasteiger partial charge is 0.379 e. The van der Waals surface area contributed by atoms with Crippen LogP contribution in [0, 0.1) is 0 Å². The molecule has 1 unspecified atom stereocenters. The lowest BCUT2D eigenvalue weighted by Crippen LogP contribution is -2.38. The van der Waals surface area contributed by atoms with Gasteiger partial charge in [-0.05, 0) is 49.9 Å². The predicted molar refractivity (Wildman–Crippen MR) is 126 cm³/mol. The van der Waals surface area contributed by atoms with Gasteiger partial charge in [0.2, 0.25) is 0 Å². The molecule has 8 heteroatoms. The molecule has 1 atom stereocenters. The number of aromatic nitrogens is 2. The lowest BCUT2D eigenvalue weighted by atomic mass is 10.2. The number of nitrogens with zero attached hydrogens (tertiary/aromatic N) is 3. The second-order valence-corrected chi connectivity index (χ2v) is 6.81. The van der Waals surface area contributed by atoms with Gasteiger partial charge in [0.25, 0.3) is 0 Å². The summed E-state index contributed by atoms with van der Waals surface area (Å²) in [6.07, 6.45) is 7.23. The minimum Gasteiger partial charge on any atom is -0.379 e. The van der Waals surface area contributed by atoms with Gasteiger partial charge in [0, 0.05) is 38.7 Å². The highest BCUT2D eigenvalue weighted by Gasteiger charge is 2.14. The fraction of sp³-hybridized carbons (Fsp3) is 0.524. The molecule has 2 heterocycles. The zero-order valence-electron chi connectivity index (χ0n) is 17.0. The van der Waals surface area contributed by atoms with Gasteiger partial charge < -0.3 is 20.1 Å². The third-order valence-corrected chi connectivity index (χ3v) is 4.53. The van der Waals surface area contributed by atoms with Crippen molar-refractivity contribution >= 4 is 29.9 Å². The predicted octanol–water partition coefficient (Wildman–Crippen LogP) is 3.13. The van der Waals surface area contributed by atoms with E-state index in [9.17, 15) is 0 Å². The lowest BCUT2D eigenvalue weighted by Gasteiger charge is -2.13. The highest BCUT2D eigenvalue weighted by atomic mass is 127. The van der Waals surface area contributed by atoms with Crippen LogP contribution in [0.25, 0.3) is 5.69 Å². The number of hydrogen-bond donors (Lipinski definition) is 2. The number of aliphatic imine (C=N–C) groups is 1. The Morgan fingerprint density at radius 3 is 3.03 bits per heavy atom. The first kappa shape index (κ1) is 23.6. The molecule has 1 aromatic carbocycles. The second kappa shape index (κ2) is 13.6. The first-order valence-electron chi connectivity index (χ1n) is 10.2. The molecule has 1 aliphatic heterocycles. The first-order valence-corrected chi connectivity index (χ1v) is 10.2. The van der Waals surface area contributed by atoms with Crippen LogP contribution in [0.1, 0.15) is 31.7 Å². The van der Waals surface area contributed by atoms with Crippen LogP contribution in [0.5, 0.6) is 0 Å². The summed E-state index contributed by atoms with van der Waals surface area (Å²) >= 11 is 0. The maximum atomic E-state index is 5.70. The van der Waals surface area contributed by atoms with E-state index in [1.165, 1.54) is 0 Å². The fourth-order valence-corrected chi connectivity index (χ4v) is 3.10. The molecule has 0 aliphatic carbocycles. The summed E-state index contributed by atoms with van der Waals surface area (Å²) in [6.45, 7) is 6.65. The van der Waals surface area contributed by atoms with Crippen molar-refractivity contribution in [1.29, 1.82) is 0 Å². The zero-order chi connectivity index (χ0) is 19.4.